The fourth-order valence-corrected chi connectivity index (χ4v) is 3.57. The summed E-state index contributed by atoms with van der Waals surface area (Å²) in [5.41, 5.74) is 2.59. The van der Waals surface area contributed by atoms with Crippen molar-refractivity contribution in [3.8, 4) is 0 Å². The van der Waals surface area contributed by atoms with Gasteiger partial charge in [-0.05, 0) is 16.8 Å². The molecule has 0 bridgehead atoms. The van der Waals surface area contributed by atoms with E-state index in [0.29, 0.717) is 11.4 Å². The number of carbonyl (C=O) groups excluding carboxylic acids is 1. The Hall–Kier alpha value is -2.27. The fraction of sp³-hybridized carbons (Fsp3) is 0.125. The molecule has 1 N–H and O–H groups in total. The zero-order valence-electron chi connectivity index (χ0n) is 11.1. The summed E-state index contributed by atoms with van der Waals surface area (Å²) >= 11 is 1.78. The summed E-state index contributed by atoms with van der Waals surface area (Å²) in [6.07, 6.45) is 0. The Morgan fingerprint density at radius 1 is 1.14 bits per heavy atom. The van der Waals surface area contributed by atoms with E-state index in [2.05, 4.69) is 10.5 Å². The number of hydrogen-bond donors (Lipinski definition) is 1. The van der Waals surface area contributed by atoms with Crippen LogP contribution in [0.3, 0.4) is 0 Å². The molecular weight excluding hydrogens is 284 g/mol. The van der Waals surface area contributed by atoms with E-state index in [1.165, 1.54) is 0 Å². The van der Waals surface area contributed by atoms with Gasteiger partial charge in [0, 0.05) is 17.1 Å². The Morgan fingerprint density at radius 3 is 2.95 bits per heavy atom. The maximum atomic E-state index is 12.5. The van der Waals surface area contributed by atoms with E-state index in [9.17, 15) is 4.79 Å². The molecule has 0 saturated carbocycles. The van der Waals surface area contributed by atoms with Crippen LogP contribution in [-0.2, 0) is 11.5 Å². The van der Waals surface area contributed by atoms with Crippen LogP contribution in [-0.4, -0.2) is 11.1 Å². The molecule has 2 aromatic carbocycles. The number of nitrogens with zero attached hydrogens (tertiary/aromatic N) is 1. The van der Waals surface area contributed by atoms with Gasteiger partial charge < -0.3 is 4.52 Å². The molecule has 1 amide bonds. The monoisotopic (exact) mass is 296 g/mol. The third-order valence-corrected chi connectivity index (χ3v) is 4.59. The Morgan fingerprint density at radius 2 is 2.00 bits per heavy atom. The van der Waals surface area contributed by atoms with E-state index in [1.807, 2.05) is 42.5 Å². The average Bonchev–Trinajstić information content (AvgIpc) is 3.12. The molecule has 0 radical (unpaired) electrons. The summed E-state index contributed by atoms with van der Waals surface area (Å²) in [6, 6.07) is 13.5. The van der Waals surface area contributed by atoms with Crippen LogP contribution in [0.4, 0.5) is 5.88 Å². The van der Waals surface area contributed by atoms with Gasteiger partial charge >= 0.3 is 0 Å². The van der Waals surface area contributed by atoms with Crippen LogP contribution >= 0.6 is 11.8 Å². The average molecular weight is 296 g/mol. The van der Waals surface area contributed by atoms with Crippen LogP contribution in [0.5, 0.6) is 0 Å². The van der Waals surface area contributed by atoms with E-state index in [0.717, 1.165) is 33.5 Å². The van der Waals surface area contributed by atoms with E-state index in [-0.39, 0.29) is 5.91 Å². The minimum atomic E-state index is -0.164. The molecule has 4 nitrogen and oxygen atoms in total. The van der Waals surface area contributed by atoms with Crippen molar-refractivity contribution in [3.05, 3.63) is 59.3 Å². The summed E-state index contributed by atoms with van der Waals surface area (Å²) in [4.78, 5) is 12.5. The molecule has 21 heavy (non-hydrogen) atoms. The first-order chi connectivity index (χ1) is 10.3. The third kappa shape index (κ3) is 2.10. The number of fused-ring (bicyclic) bond motifs is 2. The molecule has 1 aliphatic rings. The van der Waals surface area contributed by atoms with Crippen LogP contribution in [0.15, 0.2) is 47.0 Å². The molecule has 5 heteroatoms. The van der Waals surface area contributed by atoms with Crippen molar-refractivity contribution in [2.24, 2.45) is 0 Å². The van der Waals surface area contributed by atoms with E-state index in [4.69, 9.17) is 4.52 Å². The number of nitrogens with one attached hydrogen (secondary N) is 1. The Balaban J connectivity index is 1.70. The van der Waals surface area contributed by atoms with Crippen molar-refractivity contribution in [1.29, 1.82) is 0 Å². The summed E-state index contributed by atoms with van der Waals surface area (Å²) in [6.45, 7) is 0. The highest BCUT2D eigenvalue weighted by Crippen LogP contribution is 2.34. The highest BCUT2D eigenvalue weighted by molar-refractivity contribution is 7.98. The number of anilines is 1. The summed E-state index contributed by atoms with van der Waals surface area (Å²) in [5.74, 6) is 2.00. The molecule has 0 saturated heterocycles. The van der Waals surface area contributed by atoms with Crippen LogP contribution in [0.1, 0.15) is 21.6 Å². The standard InChI is InChI=1S/C16H12N2O2S/c19-15(17-16-13-8-21-9-14(13)18-20-16)12-7-3-5-10-4-1-2-6-11(10)12/h1-7H,8-9H2,(H,17,19). The lowest BCUT2D eigenvalue weighted by Gasteiger charge is -2.06. The van der Waals surface area contributed by atoms with Gasteiger partial charge in [0.15, 0.2) is 0 Å². The molecule has 104 valence electrons. The smallest absolute Gasteiger partial charge is 0.258 e. The number of rotatable bonds is 2. The highest BCUT2D eigenvalue weighted by Gasteiger charge is 2.23. The predicted octanol–water partition coefficient (Wildman–Crippen LogP) is 3.83. The van der Waals surface area contributed by atoms with Gasteiger partial charge in [0.05, 0.1) is 11.3 Å². The van der Waals surface area contributed by atoms with E-state index in [1.54, 1.807) is 11.8 Å². The molecule has 4 rings (SSSR count). The maximum Gasteiger partial charge on any atom is 0.258 e. The highest BCUT2D eigenvalue weighted by atomic mass is 32.2. The first kappa shape index (κ1) is 12.5. The van der Waals surface area contributed by atoms with Gasteiger partial charge in [-0.2, -0.15) is 11.8 Å². The van der Waals surface area contributed by atoms with Gasteiger partial charge in [-0.15, -0.1) is 0 Å². The molecule has 1 aliphatic heterocycles. The second-order valence-corrected chi connectivity index (χ2v) is 5.90. The number of aromatic nitrogens is 1. The third-order valence-electron chi connectivity index (χ3n) is 3.62. The Kier molecular flexibility index (Phi) is 2.93. The minimum absolute atomic E-state index is 0.164. The summed E-state index contributed by atoms with van der Waals surface area (Å²) < 4.78 is 5.25. The van der Waals surface area contributed by atoms with Crippen LogP contribution < -0.4 is 5.32 Å². The van der Waals surface area contributed by atoms with Gasteiger partial charge in [0.25, 0.3) is 5.91 Å². The van der Waals surface area contributed by atoms with Crippen molar-refractivity contribution in [2.45, 2.75) is 11.5 Å². The molecule has 2 heterocycles. The topological polar surface area (TPSA) is 55.1 Å². The number of amides is 1. The first-order valence-electron chi connectivity index (χ1n) is 6.67. The molecular formula is C16H12N2O2S. The molecule has 0 atom stereocenters. The summed E-state index contributed by atoms with van der Waals surface area (Å²) in [7, 11) is 0. The lowest BCUT2D eigenvalue weighted by molar-refractivity contribution is 0.102. The minimum Gasteiger partial charge on any atom is -0.338 e. The molecule has 0 unspecified atom stereocenters. The van der Waals surface area contributed by atoms with Gasteiger partial charge in [-0.3, -0.25) is 10.1 Å². The molecule has 3 aromatic rings. The lowest BCUT2D eigenvalue weighted by Crippen LogP contribution is -2.12. The predicted molar refractivity (Wildman–Crippen MR) is 83.4 cm³/mol. The zero-order valence-corrected chi connectivity index (χ0v) is 11.9. The van der Waals surface area contributed by atoms with Crippen LogP contribution in [0.25, 0.3) is 10.8 Å². The number of thioether (sulfide) groups is 1. The second-order valence-electron chi connectivity index (χ2n) is 4.91. The largest absolute Gasteiger partial charge is 0.338 e. The SMILES string of the molecule is O=C(Nc1onc2c1CSC2)c1cccc2ccccc12. The van der Waals surface area contributed by atoms with Gasteiger partial charge in [-0.1, -0.05) is 41.6 Å². The molecule has 0 spiro atoms. The lowest BCUT2D eigenvalue weighted by atomic mass is 10.0. The van der Waals surface area contributed by atoms with Crippen molar-refractivity contribution < 1.29 is 9.32 Å². The molecule has 0 fully saturated rings. The van der Waals surface area contributed by atoms with E-state index >= 15 is 0 Å². The number of hydrogen-bond acceptors (Lipinski definition) is 4. The zero-order chi connectivity index (χ0) is 14.2. The summed E-state index contributed by atoms with van der Waals surface area (Å²) in [5, 5.41) is 8.82. The quantitative estimate of drug-likeness (QED) is 0.781. The van der Waals surface area contributed by atoms with Gasteiger partial charge in [0.1, 0.15) is 0 Å². The number of benzene rings is 2. The normalized spacial score (nSPS) is 13.3. The number of carbonyl (C=O) groups is 1. The van der Waals surface area contributed by atoms with Crippen molar-refractivity contribution in [3.63, 3.8) is 0 Å². The van der Waals surface area contributed by atoms with Crippen LogP contribution in [0, 0.1) is 0 Å². The maximum absolute atomic E-state index is 12.5. The van der Waals surface area contributed by atoms with E-state index < -0.39 is 0 Å². The van der Waals surface area contributed by atoms with Crippen molar-refractivity contribution in [1.82, 2.24) is 5.16 Å². The molecule has 0 aliphatic carbocycles. The molecule has 1 aromatic heterocycles. The first-order valence-corrected chi connectivity index (χ1v) is 7.82. The van der Waals surface area contributed by atoms with Gasteiger partial charge in [0.2, 0.25) is 5.88 Å². The Bertz CT molecular complexity index is 836. The van der Waals surface area contributed by atoms with Crippen molar-refractivity contribution >= 4 is 34.3 Å². The Labute approximate surface area is 125 Å². The van der Waals surface area contributed by atoms with Crippen molar-refractivity contribution in [2.75, 3.05) is 5.32 Å². The van der Waals surface area contributed by atoms with Crippen LogP contribution in [0.2, 0.25) is 0 Å². The second kappa shape index (κ2) is 4.93. The fourth-order valence-electron chi connectivity index (χ4n) is 2.55. The van der Waals surface area contributed by atoms with Gasteiger partial charge in [-0.25, -0.2) is 0 Å².